The van der Waals surface area contributed by atoms with Crippen molar-refractivity contribution >= 4 is 5.84 Å². The van der Waals surface area contributed by atoms with Crippen LogP contribution in [0.25, 0.3) is 22.3 Å². The predicted molar refractivity (Wildman–Crippen MR) is 244 cm³/mol. The molecule has 0 radical (unpaired) electrons. The van der Waals surface area contributed by atoms with Crippen molar-refractivity contribution in [1.82, 2.24) is 26.6 Å². The molecule has 0 bridgehead atoms. The van der Waals surface area contributed by atoms with E-state index in [4.69, 9.17) is 4.99 Å². The van der Waals surface area contributed by atoms with Gasteiger partial charge in [0, 0.05) is 5.56 Å². The van der Waals surface area contributed by atoms with Crippen molar-refractivity contribution < 1.29 is 0 Å². The van der Waals surface area contributed by atoms with Gasteiger partial charge in [0.1, 0.15) is 18.2 Å². The van der Waals surface area contributed by atoms with Crippen molar-refractivity contribution in [3.05, 3.63) is 262 Å². The van der Waals surface area contributed by atoms with Crippen molar-refractivity contribution in [3.8, 4) is 22.3 Å². The second-order valence-corrected chi connectivity index (χ2v) is 16.5. The molecule has 294 valence electrons. The molecule has 0 aromatic heterocycles. The van der Waals surface area contributed by atoms with Crippen LogP contribution in [0.2, 0.25) is 0 Å². The predicted octanol–water partition coefficient (Wildman–Crippen LogP) is 10.5. The van der Waals surface area contributed by atoms with E-state index in [1.165, 1.54) is 61.2 Å². The summed E-state index contributed by atoms with van der Waals surface area (Å²) < 4.78 is 0. The molecule has 6 nitrogen and oxygen atoms in total. The fourth-order valence-electron chi connectivity index (χ4n) is 10.3. The molecule has 2 heterocycles. The Balaban J connectivity index is 1.03. The summed E-state index contributed by atoms with van der Waals surface area (Å²) in [4.78, 5) is 5.37. The lowest BCUT2D eigenvalue weighted by molar-refractivity contribution is 0.203. The number of amidine groups is 1. The third-order valence-corrected chi connectivity index (χ3v) is 13.1. The number of nitrogens with zero attached hydrogens (tertiary/aromatic N) is 1. The molecule has 2 aliphatic carbocycles. The van der Waals surface area contributed by atoms with Gasteiger partial charge >= 0.3 is 0 Å². The summed E-state index contributed by atoms with van der Waals surface area (Å²) in [7, 11) is 0. The number of rotatable bonds is 6. The van der Waals surface area contributed by atoms with Crippen molar-refractivity contribution in [2.24, 2.45) is 4.99 Å². The number of nitrogens with one attached hydrogen (secondary N) is 5. The van der Waals surface area contributed by atoms with Gasteiger partial charge in [-0.15, -0.1) is 0 Å². The molecule has 4 unspecified atom stereocenters. The lowest BCUT2D eigenvalue weighted by atomic mass is 9.70. The molecule has 2 aliphatic heterocycles. The molecule has 1 fully saturated rings. The summed E-state index contributed by atoms with van der Waals surface area (Å²) in [5.74, 6) is 0.875. The number of aliphatic imine (C=N–C) groups is 1. The first-order valence-electron chi connectivity index (χ1n) is 21.3. The van der Waals surface area contributed by atoms with E-state index < -0.39 is 5.41 Å². The maximum atomic E-state index is 5.37. The second-order valence-electron chi connectivity index (χ2n) is 16.5. The zero-order valence-electron chi connectivity index (χ0n) is 33.5. The van der Waals surface area contributed by atoms with Crippen LogP contribution in [0.3, 0.4) is 0 Å². The second kappa shape index (κ2) is 14.7. The molecular weight excluding hydrogens is 745 g/mol. The summed E-state index contributed by atoms with van der Waals surface area (Å²) in [6.45, 7) is 0. The van der Waals surface area contributed by atoms with Crippen LogP contribution in [0.15, 0.2) is 211 Å². The van der Waals surface area contributed by atoms with E-state index in [0.29, 0.717) is 0 Å². The molecule has 61 heavy (non-hydrogen) atoms. The Kier molecular flexibility index (Phi) is 8.64. The normalized spacial score (nSPS) is 21.7. The van der Waals surface area contributed by atoms with Gasteiger partial charge in [-0.1, -0.05) is 194 Å². The van der Waals surface area contributed by atoms with Crippen LogP contribution in [0, 0.1) is 0 Å². The van der Waals surface area contributed by atoms with Crippen LogP contribution in [0.4, 0.5) is 0 Å². The van der Waals surface area contributed by atoms with E-state index in [-0.39, 0.29) is 30.8 Å². The molecule has 8 aromatic rings. The van der Waals surface area contributed by atoms with Gasteiger partial charge < -0.3 is 5.32 Å². The first-order chi connectivity index (χ1) is 30.2. The molecule has 0 amide bonds. The van der Waals surface area contributed by atoms with Crippen molar-refractivity contribution in [2.45, 2.75) is 36.2 Å². The van der Waals surface area contributed by atoms with Crippen LogP contribution < -0.4 is 26.6 Å². The highest BCUT2D eigenvalue weighted by atomic mass is 15.4. The van der Waals surface area contributed by atoms with Crippen LogP contribution in [0.5, 0.6) is 0 Å². The number of hydrogen-bond acceptors (Lipinski definition) is 6. The number of hydrogen-bond donors (Lipinski definition) is 5. The summed E-state index contributed by atoms with van der Waals surface area (Å²) in [6.07, 6.45) is -0.679. The third-order valence-electron chi connectivity index (χ3n) is 13.1. The Hall–Kier alpha value is -6.93. The van der Waals surface area contributed by atoms with Crippen LogP contribution in [-0.4, -0.2) is 5.84 Å². The highest BCUT2D eigenvalue weighted by molar-refractivity contribution is 6.00. The van der Waals surface area contributed by atoms with E-state index in [2.05, 4.69) is 233 Å². The monoisotopic (exact) mass is 788 g/mol. The zero-order valence-corrected chi connectivity index (χ0v) is 33.5. The van der Waals surface area contributed by atoms with E-state index in [1.54, 1.807) is 0 Å². The quantitative estimate of drug-likeness (QED) is 0.116. The van der Waals surface area contributed by atoms with E-state index in [1.807, 2.05) is 0 Å². The Bertz CT molecular complexity index is 2840. The third kappa shape index (κ3) is 5.91. The van der Waals surface area contributed by atoms with E-state index in [9.17, 15) is 0 Å². The minimum absolute atomic E-state index is 0.0649. The lowest BCUT2D eigenvalue weighted by Gasteiger charge is -2.40. The minimum atomic E-state index is -0.463. The Labute approximate surface area is 356 Å². The molecule has 8 aromatic carbocycles. The molecule has 1 saturated heterocycles. The minimum Gasteiger partial charge on any atom is -0.350 e. The molecule has 5 N–H and O–H groups in total. The van der Waals surface area contributed by atoms with Gasteiger partial charge in [-0.2, -0.15) is 0 Å². The first-order valence-corrected chi connectivity index (χ1v) is 21.3. The largest absolute Gasteiger partial charge is 0.350 e. The van der Waals surface area contributed by atoms with E-state index >= 15 is 0 Å². The number of fused-ring (bicyclic) bond motifs is 10. The Morgan fingerprint density at radius 2 is 0.738 bits per heavy atom. The molecule has 4 aliphatic rings. The highest BCUT2D eigenvalue weighted by Crippen LogP contribution is 2.63. The average molecular weight is 789 g/mol. The SMILES string of the molecule is c1ccc(C2=NC(c3ccc4c(c3)-c3cc(C5NC(c6ccccc6)NC(c6ccccc6)N5)ccc3C43c4ccccc4-c4ccccc43)NC(c3ccccc3)N2)cc1. The standard InChI is InChI=1S/C55H44N6/c1-5-17-35(18-6-1)49-56-50(36-19-7-2-8-20-36)59-53(58-49)39-29-31-47-43(33-39)44-34-40(30-32-48(44)55(47)45-27-15-13-25-41(45)42-26-14-16-28-46(42)55)54-60-51(37-21-9-3-10-22-37)57-52(61-54)38-23-11-4-12-24-38/h1-34,49-51,53-54,56,58-60H,(H,57,61). The summed E-state index contributed by atoms with van der Waals surface area (Å²) >= 11 is 0. The Morgan fingerprint density at radius 3 is 1.28 bits per heavy atom. The van der Waals surface area contributed by atoms with Gasteiger partial charge in [-0.3, -0.25) is 21.3 Å². The molecule has 12 rings (SSSR count). The first kappa shape index (κ1) is 36.0. The molecule has 1 spiro atoms. The summed E-state index contributed by atoms with van der Waals surface area (Å²) in [5.41, 5.74) is 16.8. The Morgan fingerprint density at radius 1 is 0.328 bits per heavy atom. The highest BCUT2D eigenvalue weighted by Gasteiger charge is 2.52. The maximum absolute atomic E-state index is 5.37. The van der Waals surface area contributed by atoms with Gasteiger partial charge in [0.15, 0.2) is 0 Å². The zero-order chi connectivity index (χ0) is 40.3. The van der Waals surface area contributed by atoms with Gasteiger partial charge in [0.05, 0.1) is 23.9 Å². The average Bonchev–Trinajstić information content (AvgIpc) is 3.81. The fourth-order valence-corrected chi connectivity index (χ4v) is 10.3. The topological polar surface area (TPSA) is 72.5 Å². The van der Waals surface area contributed by atoms with Gasteiger partial charge in [-0.25, -0.2) is 4.99 Å². The maximum Gasteiger partial charge on any atom is 0.131 e. The van der Waals surface area contributed by atoms with E-state index in [0.717, 1.165) is 22.5 Å². The van der Waals surface area contributed by atoms with Crippen LogP contribution in [-0.2, 0) is 5.41 Å². The molecule has 6 heteroatoms. The van der Waals surface area contributed by atoms with Gasteiger partial charge in [0.25, 0.3) is 0 Å². The molecule has 0 saturated carbocycles. The van der Waals surface area contributed by atoms with Crippen molar-refractivity contribution in [1.29, 1.82) is 0 Å². The molecular formula is C55H44N6. The van der Waals surface area contributed by atoms with Crippen LogP contribution >= 0.6 is 0 Å². The lowest BCUT2D eigenvalue weighted by Crippen LogP contribution is -2.54. The summed E-state index contributed by atoms with van der Waals surface area (Å²) in [6, 6.07) is 74.7. The van der Waals surface area contributed by atoms with Gasteiger partial charge in [0.2, 0.25) is 0 Å². The number of benzene rings is 8. The van der Waals surface area contributed by atoms with Crippen molar-refractivity contribution in [2.75, 3.05) is 0 Å². The smallest absolute Gasteiger partial charge is 0.131 e. The van der Waals surface area contributed by atoms with Crippen LogP contribution in [0.1, 0.15) is 86.5 Å². The summed E-state index contributed by atoms with van der Waals surface area (Å²) in [5, 5.41) is 19.3. The molecule has 4 atom stereocenters. The van der Waals surface area contributed by atoms with Crippen molar-refractivity contribution in [3.63, 3.8) is 0 Å². The fraction of sp³-hybridized carbons (Fsp3) is 0.109. The van der Waals surface area contributed by atoms with Gasteiger partial charge in [-0.05, 0) is 84.5 Å².